The Hall–Kier alpha value is -3.03. The Balaban J connectivity index is 1.61. The number of carbonyl (C=O) groups is 1. The average molecular weight is 329 g/mol. The summed E-state index contributed by atoms with van der Waals surface area (Å²) in [4.78, 5) is 16.8. The van der Waals surface area contributed by atoms with Crippen LogP contribution in [0.5, 0.6) is 5.88 Å². The molecular formula is C16H19N5O3. The highest BCUT2D eigenvalue weighted by Crippen LogP contribution is 2.18. The minimum Gasteiger partial charge on any atom is -0.479 e. The van der Waals surface area contributed by atoms with Crippen LogP contribution in [0.3, 0.4) is 0 Å². The molecule has 126 valence electrons. The molecule has 0 saturated carbocycles. The average Bonchev–Trinajstić information content (AvgIpc) is 3.27. The van der Waals surface area contributed by atoms with E-state index in [1.54, 1.807) is 24.2 Å². The van der Waals surface area contributed by atoms with Crippen molar-refractivity contribution in [1.82, 2.24) is 24.6 Å². The summed E-state index contributed by atoms with van der Waals surface area (Å²) in [6, 6.07) is 3.69. The summed E-state index contributed by atoms with van der Waals surface area (Å²) < 4.78 is 13.9. The maximum absolute atomic E-state index is 12.2. The van der Waals surface area contributed by atoms with Crippen LogP contribution >= 0.6 is 0 Å². The third-order valence-corrected chi connectivity index (χ3v) is 3.61. The van der Waals surface area contributed by atoms with Crippen LogP contribution < -0.4 is 10.1 Å². The first-order valence-electron chi connectivity index (χ1n) is 7.50. The van der Waals surface area contributed by atoms with E-state index in [0.29, 0.717) is 24.4 Å². The molecule has 0 aliphatic carbocycles. The van der Waals surface area contributed by atoms with Gasteiger partial charge in [0.15, 0.2) is 5.76 Å². The van der Waals surface area contributed by atoms with Crippen molar-refractivity contribution in [2.45, 2.75) is 6.42 Å². The molecule has 0 spiro atoms. The molecule has 0 aliphatic rings. The Kier molecular flexibility index (Phi) is 4.37. The molecule has 0 atom stereocenters. The van der Waals surface area contributed by atoms with E-state index in [-0.39, 0.29) is 5.91 Å². The molecule has 0 fully saturated rings. The van der Waals surface area contributed by atoms with E-state index < -0.39 is 0 Å². The van der Waals surface area contributed by atoms with Crippen molar-refractivity contribution in [3.63, 3.8) is 0 Å². The number of amides is 1. The van der Waals surface area contributed by atoms with Crippen molar-refractivity contribution in [3.05, 3.63) is 42.2 Å². The molecule has 0 bridgehead atoms. The van der Waals surface area contributed by atoms with Crippen LogP contribution in [-0.2, 0) is 20.5 Å². The van der Waals surface area contributed by atoms with Crippen molar-refractivity contribution in [1.29, 1.82) is 0 Å². The summed E-state index contributed by atoms with van der Waals surface area (Å²) in [5.74, 6) is 1.67. The highest BCUT2D eigenvalue weighted by atomic mass is 16.5. The molecule has 8 nitrogen and oxygen atoms in total. The number of nitrogens with zero attached hydrogens (tertiary/aromatic N) is 4. The number of ether oxygens (including phenoxy) is 1. The lowest BCUT2D eigenvalue weighted by atomic mass is 10.3. The van der Waals surface area contributed by atoms with Crippen LogP contribution in [0, 0.1) is 0 Å². The number of hydrogen-bond donors (Lipinski definition) is 1. The van der Waals surface area contributed by atoms with Crippen molar-refractivity contribution in [2.24, 2.45) is 14.1 Å². The van der Waals surface area contributed by atoms with E-state index in [1.165, 1.54) is 7.11 Å². The number of aromatic nitrogens is 4. The standard InChI is InChI=1S/C16H19N5O3/c1-20-10-12(13-5-4-8-24-13)18-14(20)6-7-17-15(22)11-9-21(2)19-16(11)23-3/h4-5,8-10H,6-7H2,1-3H3,(H,17,22). The van der Waals surface area contributed by atoms with Gasteiger partial charge in [0.25, 0.3) is 5.91 Å². The number of furan rings is 1. The van der Waals surface area contributed by atoms with Gasteiger partial charge in [-0.3, -0.25) is 9.48 Å². The predicted octanol–water partition coefficient (Wildman–Crippen LogP) is 1.39. The summed E-state index contributed by atoms with van der Waals surface area (Å²) in [6.07, 6.45) is 5.75. The van der Waals surface area contributed by atoms with E-state index in [0.717, 1.165) is 17.3 Å². The Labute approximate surface area is 139 Å². The molecule has 3 aromatic heterocycles. The van der Waals surface area contributed by atoms with E-state index >= 15 is 0 Å². The monoisotopic (exact) mass is 329 g/mol. The van der Waals surface area contributed by atoms with Gasteiger partial charge in [-0.1, -0.05) is 0 Å². The van der Waals surface area contributed by atoms with Crippen molar-refractivity contribution in [3.8, 4) is 17.3 Å². The van der Waals surface area contributed by atoms with Crippen LogP contribution in [0.15, 0.2) is 35.2 Å². The Morgan fingerprint density at radius 3 is 2.92 bits per heavy atom. The SMILES string of the molecule is COc1nn(C)cc1C(=O)NCCc1nc(-c2ccco2)cn1C. The highest BCUT2D eigenvalue weighted by Gasteiger charge is 2.16. The van der Waals surface area contributed by atoms with Gasteiger partial charge in [0.2, 0.25) is 5.88 Å². The summed E-state index contributed by atoms with van der Waals surface area (Å²) in [5, 5.41) is 6.93. The van der Waals surface area contributed by atoms with Crippen molar-refractivity contribution >= 4 is 5.91 Å². The van der Waals surface area contributed by atoms with Crippen molar-refractivity contribution < 1.29 is 13.9 Å². The van der Waals surface area contributed by atoms with Gasteiger partial charge in [-0.25, -0.2) is 4.98 Å². The molecule has 0 aromatic carbocycles. The minimum atomic E-state index is -0.222. The lowest BCUT2D eigenvalue weighted by Gasteiger charge is -2.05. The lowest BCUT2D eigenvalue weighted by molar-refractivity contribution is 0.0951. The van der Waals surface area contributed by atoms with Gasteiger partial charge in [0.1, 0.15) is 17.1 Å². The maximum atomic E-state index is 12.2. The summed E-state index contributed by atoms with van der Waals surface area (Å²) in [7, 11) is 5.15. The first kappa shape index (κ1) is 15.9. The molecule has 0 radical (unpaired) electrons. The van der Waals surface area contributed by atoms with E-state index in [1.807, 2.05) is 29.9 Å². The molecule has 0 aliphatic heterocycles. The van der Waals surface area contributed by atoms with Gasteiger partial charge in [-0.05, 0) is 12.1 Å². The zero-order valence-corrected chi connectivity index (χ0v) is 13.8. The van der Waals surface area contributed by atoms with Crippen LogP contribution in [0.1, 0.15) is 16.2 Å². The molecule has 1 N–H and O–H groups in total. The number of hydrogen-bond acceptors (Lipinski definition) is 5. The van der Waals surface area contributed by atoms with Crippen LogP contribution in [0.25, 0.3) is 11.5 Å². The maximum Gasteiger partial charge on any atom is 0.258 e. The highest BCUT2D eigenvalue weighted by molar-refractivity contribution is 5.96. The smallest absolute Gasteiger partial charge is 0.258 e. The quantitative estimate of drug-likeness (QED) is 0.738. The summed E-state index contributed by atoms with van der Waals surface area (Å²) in [6.45, 7) is 0.458. The van der Waals surface area contributed by atoms with E-state index in [4.69, 9.17) is 9.15 Å². The molecule has 1 amide bonds. The Bertz CT molecular complexity index is 832. The number of aryl methyl sites for hydroxylation is 2. The van der Waals surface area contributed by atoms with Crippen LogP contribution in [0.2, 0.25) is 0 Å². The normalized spacial score (nSPS) is 10.8. The molecule has 0 saturated heterocycles. The van der Waals surface area contributed by atoms with E-state index in [9.17, 15) is 4.79 Å². The lowest BCUT2D eigenvalue weighted by Crippen LogP contribution is -2.26. The van der Waals surface area contributed by atoms with Gasteiger partial charge < -0.3 is 19.0 Å². The third kappa shape index (κ3) is 3.17. The molecular weight excluding hydrogens is 310 g/mol. The molecule has 24 heavy (non-hydrogen) atoms. The predicted molar refractivity (Wildman–Crippen MR) is 86.7 cm³/mol. The fraction of sp³-hybridized carbons (Fsp3) is 0.312. The van der Waals surface area contributed by atoms with Crippen molar-refractivity contribution in [2.75, 3.05) is 13.7 Å². The molecule has 3 rings (SSSR count). The minimum absolute atomic E-state index is 0.222. The van der Waals surface area contributed by atoms with Gasteiger partial charge in [0.05, 0.1) is 13.4 Å². The molecule has 8 heteroatoms. The zero-order chi connectivity index (χ0) is 17.1. The van der Waals surface area contributed by atoms with Crippen LogP contribution in [-0.4, -0.2) is 38.9 Å². The van der Waals surface area contributed by atoms with Gasteiger partial charge in [-0.15, -0.1) is 5.10 Å². The van der Waals surface area contributed by atoms with E-state index in [2.05, 4.69) is 15.4 Å². The zero-order valence-electron chi connectivity index (χ0n) is 13.8. The second-order valence-corrected chi connectivity index (χ2v) is 5.36. The number of nitrogens with one attached hydrogen (secondary N) is 1. The number of methoxy groups -OCH3 is 1. The number of rotatable bonds is 6. The summed E-state index contributed by atoms with van der Waals surface area (Å²) in [5.41, 5.74) is 1.19. The molecule has 3 heterocycles. The first-order valence-corrected chi connectivity index (χ1v) is 7.50. The fourth-order valence-electron chi connectivity index (χ4n) is 2.44. The molecule has 3 aromatic rings. The second-order valence-electron chi connectivity index (χ2n) is 5.36. The Morgan fingerprint density at radius 2 is 2.21 bits per heavy atom. The summed E-state index contributed by atoms with van der Waals surface area (Å²) >= 11 is 0. The topological polar surface area (TPSA) is 87.1 Å². The van der Waals surface area contributed by atoms with Gasteiger partial charge in [0, 0.05) is 39.5 Å². The number of carbonyl (C=O) groups excluding carboxylic acids is 1. The largest absolute Gasteiger partial charge is 0.479 e. The number of imidazole rings is 1. The van der Waals surface area contributed by atoms with Gasteiger partial charge in [-0.2, -0.15) is 0 Å². The van der Waals surface area contributed by atoms with Gasteiger partial charge >= 0.3 is 0 Å². The Morgan fingerprint density at radius 1 is 1.38 bits per heavy atom. The molecule has 0 unspecified atom stereocenters. The second kappa shape index (κ2) is 6.61. The van der Waals surface area contributed by atoms with Crippen LogP contribution in [0.4, 0.5) is 0 Å². The fourth-order valence-corrected chi connectivity index (χ4v) is 2.44. The third-order valence-electron chi connectivity index (χ3n) is 3.61. The first-order chi connectivity index (χ1) is 11.6.